The van der Waals surface area contributed by atoms with Crippen molar-refractivity contribution >= 4 is 28.4 Å². The Bertz CT molecular complexity index is 748. The molecule has 26 heavy (non-hydrogen) atoms. The zero-order chi connectivity index (χ0) is 18.0. The van der Waals surface area contributed by atoms with E-state index < -0.39 is 16.0 Å². The van der Waals surface area contributed by atoms with Crippen molar-refractivity contribution in [2.24, 2.45) is 0 Å². The highest BCUT2D eigenvalue weighted by atomic mass is 35.5. The van der Waals surface area contributed by atoms with E-state index in [4.69, 9.17) is 9.84 Å². The first-order valence-corrected chi connectivity index (χ1v) is 10.1. The third-order valence-corrected chi connectivity index (χ3v) is 6.88. The average molecular weight is 405 g/mol. The summed E-state index contributed by atoms with van der Waals surface area (Å²) in [5.41, 5.74) is 0.939. The van der Waals surface area contributed by atoms with Gasteiger partial charge < -0.3 is 9.84 Å². The van der Waals surface area contributed by atoms with Crippen molar-refractivity contribution in [3.8, 4) is 5.75 Å². The van der Waals surface area contributed by atoms with E-state index in [0.717, 1.165) is 17.7 Å². The van der Waals surface area contributed by atoms with Crippen LogP contribution in [0, 0.1) is 0 Å². The molecule has 1 N–H and O–H groups in total. The van der Waals surface area contributed by atoms with Crippen molar-refractivity contribution in [3.05, 3.63) is 23.8 Å². The Morgan fingerprint density at radius 1 is 1.35 bits per heavy atom. The molecule has 146 valence electrons. The van der Waals surface area contributed by atoms with E-state index in [2.05, 4.69) is 0 Å². The van der Waals surface area contributed by atoms with Gasteiger partial charge in [0.1, 0.15) is 5.75 Å². The second-order valence-corrected chi connectivity index (χ2v) is 8.40. The molecule has 0 aliphatic carbocycles. The molecular weight excluding hydrogens is 380 g/mol. The molecule has 2 heterocycles. The quantitative estimate of drug-likeness (QED) is 0.775. The topological polar surface area (TPSA) is 87.2 Å². The van der Waals surface area contributed by atoms with Gasteiger partial charge in [0.05, 0.1) is 18.0 Å². The normalized spacial score (nSPS) is 18.2. The fraction of sp³-hybridized carbons (Fsp3) is 0.588. The molecule has 0 spiro atoms. The summed E-state index contributed by atoms with van der Waals surface area (Å²) in [7, 11) is -3.52. The van der Waals surface area contributed by atoms with Gasteiger partial charge in [0.2, 0.25) is 10.0 Å². The molecule has 1 aromatic carbocycles. The standard InChI is InChI=1S/C17H24N2O5S.ClH/c1-2-18(12-17(20)21)14-5-8-19(9-6-14)25(22,23)15-3-4-16-13(11-15)7-10-24-16;/h3-4,11,14H,2,5-10,12H2,1H3,(H,20,21);1H. The SMILES string of the molecule is CCN(CC(=O)O)C1CCN(S(=O)(=O)c2ccc3c(c2)CCO3)CC1.Cl. The first kappa shape index (κ1) is 21.0. The highest BCUT2D eigenvalue weighted by Crippen LogP contribution is 2.30. The van der Waals surface area contributed by atoms with Crippen molar-refractivity contribution in [2.75, 3.05) is 32.8 Å². The van der Waals surface area contributed by atoms with Gasteiger partial charge in [0, 0.05) is 25.6 Å². The van der Waals surface area contributed by atoms with Crippen LogP contribution in [0.4, 0.5) is 0 Å². The summed E-state index contributed by atoms with van der Waals surface area (Å²) in [5, 5.41) is 8.99. The molecule has 0 atom stereocenters. The smallest absolute Gasteiger partial charge is 0.317 e. The maximum Gasteiger partial charge on any atom is 0.317 e. The second kappa shape index (κ2) is 8.56. The van der Waals surface area contributed by atoms with E-state index in [1.807, 2.05) is 11.8 Å². The van der Waals surface area contributed by atoms with Crippen molar-refractivity contribution in [1.29, 1.82) is 0 Å². The highest BCUT2D eigenvalue weighted by molar-refractivity contribution is 7.89. The molecule has 0 aromatic heterocycles. The number of carboxylic acid groups (broad SMARTS) is 1. The zero-order valence-electron chi connectivity index (χ0n) is 14.8. The fourth-order valence-corrected chi connectivity index (χ4v) is 5.11. The number of sulfonamides is 1. The lowest BCUT2D eigenvalue weighted by Gasteiger charge is -2.36. The Labute approximate surface area is 160 Å². The summed E-state index contributed by atoms with van der Waals surface area (Å²) in [6, 6.07) is 5.16. The van der Waals surface area contributed by atoms with E-state index in [1.54, 1.807) is 18.2 Å². The van der Waals surface area contributed by atoms with Crippen LogP contribution in [0.15, 0.2) is 23.1 Å². The molecule has 3 rings (SSSR count). The van der Waals surface area contributed by atoms with Gasteiger partial charge in [0.15, 0.2) is 0 Å². The number of carboxylic acids is 1. The predicted molar refractivity (Wildman–Crippen MR) is 99.6 cm³/mol. The lowest BCUT2D eigenvalue weighted by atomic mass is 10.0. The lowest BCUT2D eigenvalue weighted by molar-refractivity contribution is -0.139. The number of ether oxygens (including phenoxy) is 1. The molecule has 0 unspecified atom stereocenters. The molecule has 7 nitrogen and oxygen atoms in total. The van der Waals surface area contributed by atoms with Crippen LogP contribution in [-0.2, 0) is 21.2 Å². The minimum Gasteiger partial charge on any atom is -0.493 e. The maximum atomic E-state index is 12.9. The van der Waals surface area contributed by atoms with Crippen LogP contribution in [0.3, 0.4) is 0 Å². The molecule has 0 bridgehead atoms. The van der Waals surface area contributed by atoms with E-state index in [9.17, 15) is 13.2 Å². The number of likely N-dealkylation sites (N-methyl/N-ethyl adjacent to an activating group) is 1. The molecule has 1 fully saturated rings. The first-order chi connectivity index (χ1) is 11.9. The predicted octanol–water partition coefficient (Wildman–Crippen LogP) is 1.60. The Morgan fingerprint density at radius 2 is 2.04 bits per heavy atom. The fourth-order valence-electron chi connectivity index (χ4n) is 3.59. The summed E-state index contributed by atoms with van der Waals surface area (Å²) in [4.78, 5) is 13.2. The number of hydrogen-bond acceptors (Lipinski definition) is 5. The van der Waals surface area contributed by atoms with Crippen LogP contribution in [0.2, 0.25) is 0 Å². The lowest BCUT2D eigenvalue weighted by Crippen LogP contribution is -2.48. The monoisotopic (exact) mass is 404 g/mol. The van der Waals surface area contributed by atoms with Crippen LogP contribution >= 0.6 is 12.4 Å². The Hall–Kier alpha value is -1.35. The van der Waals surface area contributed by atoms with Crippen LogP contribution in [0.5, 0.6) is 5.75 Å². The van der Waals surface area contributed by atoms with Crippen LogP contribution in [-0.4, -0.2) is 67.5 Å². The summed E-state index contributed by atoms with van der Waals surface area (Å²) < 4.78 is 32.7. The molecule has 0 saturated carbocycles. The van der Waals surface area contributed by atoms with Gasteiger partial charge in [-0.2, -0.15) is 4.31 Å². The zero-order valence-corrected chi connectivity index (χ0v) is 16.4. The number of nitrogens with zero attached hydrogens (tertiary/aromatic N) is 2. The van der Waals surface area contributed by atoms with Crippen LogP contribution in [0.1, 0.15) is 25.3 Å². The van der Waals surface area contributed by atoms with E-state index >= 15 is 0 Å². The number of piperidine rings is 1. The van der Waals surface area contributed by atoms with E-state index in [1.165, 1.54) is 4.31 Å². The Kier molecular flexibility index (Phi) is 6.90. The minimum absolute atomic E-state index is 0. The van der Waals surface area contributed by atoms with Gasteiger partial charge in [0.25, 0.3) is 0 Å². The summed E-state index contributed by atoms with van der Waals surface area (Å²) in [5.74, 6) is -0.0813. The van der Waals surface area contributed by atoms with Crippen LogP contribution < -0.4 is 4.74 Å². The summed E-state index contributed by atoms with van der Waals surface area (Å²) in [6.07, 6.45) is 2.03. The number of rotatable bonds is 6. The third-order valence-electron chi connectivity index (χ3n) is 4.98. The van der Waals surface area contributed by atoms with Crippen molar-refractivity contribution in [3.63, 3.8) is 0 Å². The van der Waals surface area contributed by atoms with Crippen molar-refractivity contribution in [1.82, 2.24) is 9.21 Å². The number of hydrogen-bond donors (Lipinski definition) is 1. The molecule has 0 radical (unpaired) electrons. The van der Waals surface area contributed by atoms with Gasteiger partial charge >= 0.3 is 5.97 Å². The van der Waals surface area contributed by atoms with Crippen LogP contribution in [0.25, 0.3) is 0 Å². The molecular formula is C17H25ClN2O5S. The van der Waals surface area contributed by atoms with Gasteiger partial charge in [-0.05, 0) is 43.1 Å². The molecule has 0 amide bonds. The van der Waals surface area contributed by atoms with Crippen molar-refractivity contribution < 1.29 is 23.1 Å². The Balaban J connectivity index is 0.00000243. The van der Waals surface area contributed by atoms with E-state index in [-0.39, 0.29) is 25.0 Å². The third kappa shape index (κ3) is 4.31. The van der Waals surface area contributed by atoms with Crippen molar-refractivity contribution in [2.45, 2.75) is 37.1 Å². The number of benzene rings is 1. The number of halogens is 1. The second-order valence-electron chi connectivity index (χ2n) is 6.46. The molecule has 1 aromatic rings. The largest absolute Gasteiger partial charge is 0.493 e. The summed E-state index contributed by atoms with van der Waals surface area (Å²) >= 11 is 0. The maximum absolute atomic E-state index is 12.9. The average Bonchev–Trinajstić information content (AvgIpc) is 3.07. The van der Waals surface area contributed by atoms with Gasteiger partial charge in [-0.25, -0.2) is 8.42 Å². The van der Waals surface area contributed by atoms with Gasteiger partial charge in [-0.1, -0.05) is 6.92 Å². The van der Waals surface area contributed by atoms with Gasteiger partial charge in [-0.15, -0.1) is 12.4 Å². The summed E-state index contributed by atoms with van der Waals surface area (Å²) in [6.45, 7) is 4.00. The molecule has 2 aliphatic rings. The van der Waals surface area contributed by atoms with E-state index in [0.29, 0.717) is 44.0 Å². The molecule has 2 aliphatic heterocycles. The molecule has 9 heteroatoms. The Morgan fingerprint density at radius 3 is 2.65 bits per heavy atom. The molecule has 1 saturated heterocycles. The number of carbonyl (C=O) groups is 1. The minimum atomic E-state index is -3.52. The highest BCUT2D eigenvalue weighted by Gasteiger charge is 2.32. The first-order valence-electron chi connectivity index (χ1n) is 8.63. The number of aliphatic carboxylic acids is 1. The number of fused-ring (bicyclic) bond motifs is 1. The van der Waals surface area contributed by atoms with Gasteiger partial charge in [-0.3, -0.25) is 9.69 Å².